The van der Waals surface area contributed by atoms with Crippen LogP contribution in [0.1, 0.15) is 23.2 Å². The van der Waals surface area contributed by atoms with Crippen LogP contribution in [0.25, 0.3) is 0 Å². The Labute approximate surface area is 176 Å². The first-order valence-corrected chi connectivity index (χ1v) is 10.1. The van der Waals surface area contributed by atoms with Crippen molar-refractivity contribution in [3.63, 3.8) is 0 Å². The molecule has 2 aromatic carbocycles. The maximum Gasteiger partial charge on any atom is 0.339 e. The van der Waals surface area contributed by atoms with Gasteiger partial charge in [-0.05, 0) is 48.9 Å². The zero-order chi connectivity index (χ0) is 23.2. The number of aromatic hydroxyl groups is 1. The standard InChI is InChI=1S/C18H18N4O8S/c19-16(24)8-6-14(18(27)28)22-31(29,30)12-4-1-10(2-5-12)20-21-11-3-7-15(23)13(9-11)17(25)26/h1-5,7,9,14,22-23H,6,8H2,(H2,19,24)(H,25,26)(H,27,28)/t14-/m0/s1. The Morgan fingerprint density at radius 1 is 1.00 bits per heavy atom. The zero-order valence-electron chi connectivity index (χ0n) is 15.8. The van der Waals surface area contributed by atoms with E-state index in [9.17, 15) is 27.9 Å². The van der Waals surface area contributed by atoms with Crippen LogP contribution in [0.2, 0.25) is 0 Å². The van der Waals surface area contributed by atoms with Gasteiger partial charge in [-0.25, -0.2) is 13.2 Å². The Hall–Kier alpha value is -3.84. The van der Waals surface area contributed by atoms with Crippen molar-refractivity contribution in [2.24, 2.45) is 16.0 Å². The van der Waals surface area contributed by atoms with E-state index in [2.05, 4.69) is 10.2 Å². The lowest BCUT2D eigenvalue weighted by atomic mass is 10.2. The fourth-order valence-corrected chi connectivity index (χ4v) is 3.56. The van der Waals surface area contributed by atoms with E-state index in [4.69, 9.17) is 15.9 Å². The lowest BCUT2D eigenvalue weighted by Crippen LogP contribution is -2.41. The zero-order valence-corrected chi connectivity index (χ0v) is 16.6. The first kappa shape index (κ1) is 23.4. The Bertz CT molecular complexity index is 1130. The topological polar surface area (TPSA) is 209 Å². The summed E-state index contributed by atoms with van der Waals surface area (Å²) in [5.74, 6) is -3.98. The molecule has 0 saturated carbocycles. The molecule has 31 heavy (non-hydrogen) atoms. The minimum absolute atomic E-state index is 0.146. The average Bonchev–Trinajstić information content (AvgIpc) is 2.70. The van der Waals surface area contributed by atoms with E-state index in [0.29, 0.717) is 0 Å². The molecular formula is C18H18N4O8S. The van der Waals surface area contributed by atoms with E-state index in [-0.39, 0.29) is 34.7 Å². The number of hydrogen-bond acceptors (Lipinski definition) is 8. The molecule has 0 spiro atoms. The molecule has 0 aromatic heterocycles. The van der Waals surface area contributed by atoms with Gasteiger partial charge < -0.3 is 21.1 Å². The highest BCUT2D eigenvalue weighted by molar-refractivity contribution is 7.89. The Balaban J connectivity index is 2.15. The molecule has 0 saturated heterocycles. The molecule has 2 rings (SSSR count). The number of aliphatic carboxylic acids is 1. The largest absolute Gasteiger partial charge is 0.507 e. The summed E-state index contributed by atoms with van der Waals surface area (Å²) in [6.07, 6.45) is -0.610. The second-order valence-electron chi connectivity index (χ2n) is 6.22. The first-order chi connectivity index (χ1) is 14.5. The van der Waals surface area contributed by atoms with E-state index < -0.39 is 39.7 Å². The number of phenols is 1. The van der Waals surface area contributed by atoms with Crippen LogP contribution in [-0.4, -0.2) is 47.6 Å². The van der Waals surface area contributed by atoms with Crippen molar-refractivity contribution in [2.45, 2.75) is 23.8 Å². The molecule has 12 nitrogen and oxygen atoms in total. The van der Waals surface area contributed by atoms with Gasteiger partial charge in [0.15, 0.2) is 0 Å². The molecule has 0 aliphatic rings. The summed E-state index contributed by atoms with van der Waals surface area (Å²) in [5.41, 5.74) is 4.98. The number of nitrogens with zero attached hydrogens (tertiary/aromatic N) is 2. The van der Waals surface area contributed by atoms with E-state index in [1.165, 1.54) is 30.3 Å². The third-order valence-corrected chi connectivity index (χ3v) is 5.40. The minimum atomic E-state index is -4.20. The SMILES string of the molecule is NC(=O)CC[C@H](NS(=O)(=O)c1ccc(N=Nc2ccc(O)c(C(=O)O)c2)cc1)C(=O)O. The van der Waals surface area contributed by atoms with Crippen molar-refractivity contribution in [1.82, 2.24) is 4.72 Å². The highest BCUT2D eigenvalue weighted by Crippen LogP contribution is 2.25. The lowest BCUT2D eigenvalue weighted by molar-refractivity contribution is -0.139. The van der Waals surface area contributed by atoms with Gasteiger partial charge in [-0.2, -0.15) is 15.0 Å². The average molecular weight is 450 g/mol. The van der Waals surface area contributed by atoms with Crippen molar-refractivity contribution < 1.29 is 38.1 Å². The smallest absolute Gasteiger partial charge is 0.339 e. The highest BCUT2D eigenvalue weighted by atomic mass is 32.2. The summed E-state index contributed by atoms with van der Waals surface area (Å²) >= 11 is 0. The number of azo groups is 1. The normalized spacial score (nSPS) is 12.5. The number of sulfonamides is 1. The molecule has 0 radical (unpaired) electrons. The van der Waals surface area contributed by atoms with E-state index in [1.54, 1.807) is 0 Å². The van der Waals surface area contributed by atoms with Crippen LogP contribution in [0.3, 0.4) is 0 Å². The Morgan fingerprint density at radius 2 is 1.58 bits per heavy atom. The van der Waals surface area contributed by atoms with E-state index >= 15 is 0 Å². The summed E-state index contributed by atoms with van der Waals surface area (Å²) < 4.78 is 26.8. The van der Waals surface area contributed by atoms with Crippen LogP contribution in [0, 0.1) is 0 Å². The number of rotatable bonds is 10. The number of amides is 1. The number of hydrogen-bond donors (Lipinski definition) is 5. The molecule has 0 fully saturated rings. The molecule has 0 aliphatic heterocycles. The number of aromatic carboxylic acids is 1. The third-order valence-electron chi connectivity index (χ3n) is 3.91. The van der Waals surface area contributed by atoms with Crippen LogP contribution in [0.5, 0.6) is 5.75 Å². The fraction of sp³-hybridized carbons (Fsp3) is 0.167. The summed E-state index contributed by atoms with van der Waals surface area (Å²) in [6, 6.07) is 7.01. The second-order valence-corrected chi connectivity index (χ2v) is 7.93. The number of carboxylic acids is 2. The quantitative estimate of drug-likeness (QED) is 0.334. The first-order valence-electron chi connectivity index (χ1n) is 8.61. The highest BCUT2D eigenvalue weighted by Gasteiger charge is 2.25. The molecule has 164 valence electrons. The van der Waals surface area contributed by atoms with Crippen molar-refractivity contribution in [2.75, 3.05) is 0 Å². The number of primary amides is 1. The van der Waals surface area contributed by atoms with Gasteiger partial charge in [0.25, 0.3) is 0 Å². The van der Waals surface area contributed by atoms with Gasteiger partial charge in [-0.1, -0.05) is 0 Å². The van der Waals surface area contributed by atoms with E-state index in [1.807, 2.05) is 4.72 Å². The fourth-order valence-electron chi connectivity index (χ4n) is 2.34. The number of benzene rings is 2. The number of carbonyl (C=O) groups excluding carboxylic acids is 1. The molecule has 1 atom stereocenters. The van der Waals surface area contributed by atoms with Crippen LogP contribution >= 0.6 is 0 Å². The summed E-state index contributed by atoms with van der Waals surface area (Å²) in [6.45, 7) is 0. The van der Waals surface area contributed by atoms with Gasteiger partial charge in [0, 0.05) is 6.42 Å². The van der Waals surface area contributed by atoms with Crippen LogP contribution in [0.4, 0.5) is 11.4 Å². The number of nitrogens with two attached hydrogens (primary N) is 1. The van der Waals surface area contributed by atoms with Gasteiger partial charge >= 0.3 is 11.9 Å². The number of carboxylic acid groups (broad SMARTS) is 2. The van der Waals surface area contributed by atoms with Gasteiger partial charge in [-0.3, -0.25) is 9.59 Å². The third kappa shape index (κ3) is 6.58. The molecule has 0 heterocycles. The predicted octanol–water partition coefficient (Wildman–Crippen LogP) is 1.50. The van der Waals surface area contributed by atoms with E-state index in [0.717, 1.165) is 12.1 Å². The molecule has 2 aromatic rings. The van der Waals surface area contributed by atoms with Gasteiger partial charge in [0.1, 0.15) is 17.4 Å². The maximum atomic E-state index is 12.4. The molecule has 13 heteroatoms. The summed E-state index contributed by atoms with van der Waals surface area (Å²) in [5, 5.41) is 35.3. The molecular weight excluding hydrogens is 432 g/mol. The summed E-state index contributed by atoms with van der Waals surface area (Å²) in [7, 11) is -4.20. The van der Waals surface area contributed by atoms with Gasteiger partial charge in [0.2, 0.25) is 15.9 Å². The van der Waals surface area contributed by atoms with Crippen molar-refractivity contribution in [1.29, 1.82) is 0 Å². The predicted molar refractivity (Wildman–Crippen MR) is 106 cm³/mol. The molecule has 0 aliphatic carbocycles. The summed E-state index contributed by atoms with van der Waals surface area (Å²) in [4.78, 5) is 32.8. The Kier molecular flexibility index (Phi) is 7.39. The maximum absolute atomic E-state index is 12.4. The minimum Gasteiger partial charge on any atom is -0.507 e. The number of carbonyl (C=O) groups is 3. The molecule has 0 unspecified atom stereocenters. The lowest BCUT2D eigenvalue weighted by Gasteiger charge is -2.14. The molecule has 6 N–H and O–H groups in total. The van der Waals surface area contributed by atoms with Crippen molar-refractivity contribution >= 4 is 39.2 Å². The van der Waals surface area contributed by atoms with Crippen molar-refractivity contribution in [3.8, 4) is 5.75 Å². The molecule has 1 amide bonds. The monoisotopic (exact) mass is 450 g/mol. The Morgan fingerprint density at radius 3 is 2.13 bits per heavy atom. The van der Waals surface area contributed by atoms with Crippen LogP contribution in [0.15, 0.2) is 57.6 Å². The number of nitrogens with one attached hydrogen (secondary N) is 1. The second kappa shape index (κ2) is 9.77. The van der Waals surface area contributed by atoms with Gasteiger partial charge in [-0.15, -0.1) is 0 Å². The van der Waals surface area contributed by atoms with Crippen LogP contribution < -0.4 is 10.5 Å². The van der Waals surface area contributed by atoms with Crippen molar-refractivity contribution in [3.05, 3.63) is 48.0 Å². The molecule has 0 bridgehead atoms. The van der Waals surface area contributed by atoms with Gasteiger partial charge in [0.05, 0.1) is 16.3 Å². The van der Waals surface area contributed by atoms with Crippen LogP contribution in [-0.2, 0) is 19.6 Å².